The predicted molar refractivity (Wildman–Crippen MR) is 127 cm³/mol. The molecule has 1 saturated carbocycles. The van der Waals surface area contributed by atoms with Crippen LogP contribution in [0, 0.1) is 11.8 Å². The number of halogens is 4. The van der Waals surface area contributed by atoms with Gasteiger partial charge in [-0.3, -0.25) is 9.78 Å². The standard InChI is InChI=1S/C26H26ClF3N2O2/c1-2-21(25(33)32-19-8-6-18(27)7-9-19)16-3-10-20(11-4-16)34-24-13-14-31-23-15-17(26(28,29)30)5-12-22(23)24/h5-9,12-16,20-21H,2-4,10-11H2,1H3,(H,32,33). The van der Waals surface area contributed by atoms with Gasteiger partial charge in [0.05, 0.1) is 17.2 Å². The van der Waals surface area contributed by atoms with Gasteiger partial charge >= 0.3 is 6.18 Å². The fraction of sp³-hybridized carbons (Fsp3) is 0.385. The van der Waals surface area contributed by atoms with Crippen molar-refractivity contribution < 1.29 is 22.7 Å². The van der Waals surface area contributed by atoms with Crippen molar-refractivity contribution >= 4 is 34.1 Å². The molecule has 0 spiro atoms. The van der Waals surface area contributed by atoms with Crippen molar-refractivity contribution in [2.75, 3.05) is 5.32 Å². The number of pyridine rings is 1. The first-order valence-electron chi connectivity index (χ1n) is 11.4. The molecule has 1 amide bonds. The summed E-state index contributed by atoms with van der Waals surface area (Å²) in [5.41, 5.74) is 0.252. The molecular weight excluding hydrogens is 465 g/mol. The minimum Gasteiger partial charge on any atom is -0.490 e. The van der Waals surface area contributed by atoms with E-state index >= 15 is 0 Å². The van der Waals surface area contributed by atoms with Crippen LogP contribution in [0.4, 0.5) is 18.9 Å². The highest BCUT2D eigenvalue weighted by molar-refractivity contribution is 6.30. The first kappa shape index (κ1) is 24.3. The number of nitrogens with one attached hydrogen (secondary N) is 1. The van der Waals surface area contributed by atoms with E-state index in [1.807, 2.05) is 6.92 Å². The normalized spacial score (nSPS) is 19.6. The lowest BCUT2D eigenvalue weighted by atomic mass is 9.77. The molecule has 180 valence electrons. The molecule has 1 aliphatic carbocycles. The highest BCUT2D eigenvalue weighted by atomic mass is 35.5. The number of carbonyl (C=O) groups excluding carboxylic acids is 1. The van der Waals surface area contributed by atoms with E-state index in [2.05, 4.69) is 10.3 Å². The van der Waals surface area contributed by atoms with Gasteiger partial charge in [0.1, 0.15) is 5.75 Å². The molecule has 1 N–H and O–H groups in total. The quantitative estimate of drug-likeness (QED) is 0.389. The lowest BCUT2D eigenvalue weighted by molar-refractivity contribution is -0.137. The third-order valence-electron chi connectivity index (χ3n) is 6.50. The third-order valence-corrected chi connectivity index (χ3v) is 6.75. The molecule has 1 unspecified atom stereocenters. The van der Waals surface area contributed by atoms with E-state index in [0.717, 1.165) is 49.9 Å². The number of alkyl halides is 3. The Morgan fingerprint density at radius 3 is 2.47 bits per heavy atom. The Morgan fingerprint density at radius 2 is 1.82 bits per heavy atom. The number of hydrogen-bond donors (Lipinski definition) is 1. The van der Waals surface area contributed by atoms with E-state index in [1.165, 1.54) is 12.3 Å². The molecule has 1 atom stereocenters. The van der Waals surface area contributed by atoms with Crippen LogP contribution >= 0.6 is 11.6 Å². The monoisotopic (exact) mass is 490 g/mol. The van der Waals surface area contributed by atoms with Gasteiger partial charge < -0.3 is 10.1 Å². The molecule has 0 saturated heterocycles. The molecule has 3 aromatic rings. The lowest BCUT2D eigenvalue weighted by Crippen LogP contribution is -2.34. The number of fused-ring (bicyclic) bond motifs is 1. The number of ether oxygens (including phenoxy) is 1. The largest absolute Gasteiger partial charge is 0.490 e. The van der Waals surface area contributed by atoms with Gasteiger partial charge in [-0.2, -0.15) is 13.2 Å². The molecule has 1 heterocycles. The van der Waals surface area contributed by atoms with Gasteiger partial charge in [-0.1, -0.05) is 18.5 Å². The van der Waals surface area contributed by atoms with E-state index in [9.17, 15) is 18.0 Å². The average Bonchev–Trinajstić information content (AvgIpc) is 2.81. The SMILES string of the molecule is CCC(C(=O)Nc1ccc(Cl)cc1)C1CCC(Oc2ccnc3cc(C(F)(F)F)ccc23)CC1. The Morgan fingerprint density at radius 1 is 1.12 bits per heavy atom. The summed E-state index contributed by atoms with van der Waals surface area (Å²) in [5, 5.41) is 4.17. The van der Waals surface area contributed by atoms with Crippen LogP contribution in [0.5, 0.6) is 5.75 Å². The van der Waals surface area contributed by atoms with Crippen molar-refractivity contribution in [2.24, 2.45) is 11.8 Å². The van der Waals surface area contributed by atoms with E-state index in [4.69, 9.17) is 16.3 Å². The van der Waals surface area contributed by atoms with Crippen LogP contribution in [-0.2, 0) is 11.0 Å². The highest BCUT2D eigenvalue weighted by Gasteiger charge is 2.33. The zero-order valence-corrected chi connectivity index (χ0v) is 19.5. The van der Waals surface area contributed by atoms with Crippen LogP contribution in [0.1, 0.15) is 44.6 Å². The maximum atomic E-state index is 13.0. The summed E-state index contributed by atoms with van der Waals surface area (Å²) in [4.78, 5) is 17.0. The number of amides is 1. The molecule has 34 heavy (non-hydrogen) atoms. The van der Waals surface area contributed by atoms with E-state index in [1.54, 1.807) is 30.3 Å². The maximum absolute atomic E-state index is 13.0. The van der Waals surface area contributed by atoms with Gasteiger partial charge in [0.25, 0.3) is 0 Å². The van der Waals surface area contributed by atoms with Gasteiger partial charge in [-0.25, -0.2) is 0 Å². The predicted octanol–water partition coefficient (Wildman–Crippen LogP) is 7.51. The van der Waals surface area contributed by atoms with Crippen molar-refractivity contribution in [1.29, 1.82) is 0 Å². The topological polar surface area (TPSA) is 51.2 Å². The smallest absolute Gasteiger partial charge is 0.416 e. The van der Waals surface area contributed by atoms with Crippen LogP contribution in [-0.4, -0.2) is 17.0 Å². The molecule has 1 aliphatic rings. The molecule has 4 rings (SSSR count). The first-order chi connectivity index (χ1) is 16.2. The Labute approximate surface area is 201 Å². The molecule has 0 radical (unpaired) electrons. The summed E-state index contributed by atoms with van der Waals surface area (Å²) >= 11 is 5.92. The van der Waals surface area contributed by atoms with Crippen LogP contribution in [0.2, 0.25) is 5.02 Å². The summed E-state index contributed by atoms with van der Waals surface area (Å²) in [5.74, 6) is 0.698. The summed E-state index contributed by atoms with van der Waals surface area (Å²) in [6.07, 6.45) is 0.988. The number of carbonyl (C=O) groups is 1. The second kappa shape index (κ2) is 10.2. The molecular formula is C26H26ClF3N2O2. The Kier molecular flexibility index (Phi) is 7.31. The fourth-order valence-electron chi connectivity index (χ4n) is 4.69. The number of aromatic nitrogens is 1. The number of hydrogen-bond acceptors (Lipinski definition) is 3. The minimum absolute atomic E-state index is 0.00906. The van der Waals surface area contributed by atoms with E-state index in [0.29, 0.717) is 16.2 Å². The molecule has 1 fully saturated rings. The second-order valence-electron chi connectivity index (χ2n) is 8.70. The summed E-state index contributed by atoms with van der Waals surface area (Å²) in [6.45, 7) is 2.02. The molecule has 4 nitrogen and oxygen atoms in total. The summed E-state index contributed by atoms with van der Waals surface area (Å²) in [7, 11) is 0. The Hall–Kier alpha value is -2.80. The van der Waals surface area contributed by atoms with Crippen LogP contribution in [0.3, 0.4) is 0 Å². The van der Waals surface area contributed by atoms with Crippen molar-refractivity contribution in [3.05, 3.63) is 65.3 Å². The molecule has 2 aromatic carbocycles. The second-order valence-corrected chi connectivity index (χ2v) is 9.14. The average molecular weight is 491 g/mol. The third kappa shape index (κ3) is 5.63. The van der Waals surface area contributed by atoms with Gasteiger partial charge in [-0.05, 0) is 86.6 Å². The molecule has 0 aliphatic heterocycles. The van der Waals surface area contributed by atoms with E-state index in [-0.39, 0.29) is 29.4 Å². The summed E-state index contributed by atoms with van der Waals surface area (Å²) in [6, 6.07) is 12.3. The lowest BCUT2D eigenvalue weighted by Gasteiger charge is -2.33. The number of benzene rings is 2. The molecule has 0 bridgehead atoms. The first-order valence-corrected chi connectivity index (χ1v) is 11.8. The van der Waals surface area contributed by atoms with Gasteiger partial charge in [0, 0.05) is 28.2 Å². The van der Waals surface area contributed by atoms with Crippen LogP contribution in [0.15, 0.2) is 54.7 Å². The number of rotatable bonds is 6. The Balaban J connectivity index is 1.38. The minimum atomic E-state index is -4.42. The van der Waals surface area contributed by atoms with Gasteiger partial charge in [-0.15, -0.1) is 0 Å². The number of anilines is 1. The fourth-order valence-corrected chi connectivity index (χ4v) is 4.82. The number of nitrogens with zero attached hydrogens (tertiary/aromatic N) is 1. The van der Waals surface area contributed by atoms with Crippen molar-refractivity contribution in [2.45, 2.75) is 51.3 Å². The maximum Gasteiger partial charge on any atom is 0.416 e. The van der Waals surface area contributed by atoms with Crippen molar-refractivity contribution in [1.82, 2.24) is 4.98 Å². The van der Waals surface area contributed by atoms with Crippen LogP contribution < -0.4 is 10.1 Å². The van der Waals surface area contributed by atoms with Crippen LogP contribution in [0.25, 0.3) is 10.9 Å². The van der Waals surface area contributed by atoms with Gasteiger partial charge in [0.2, 0.25) is 5.91 Å². The molecule has 1 aromatic heterocycles. The van der Waals surface area contributed by atoms with Gasteiger partial charge in [0.15, 0.2) is 0 Å². The Bertz CT molecular complexity index is 1140. The summed E-state index contributed by atoms with van der Waals surface area (Å²) < 4.78 is 45.3. The molecule has 8 heteroatoms. The zero-order chi connectivity index (χ0) is 24.3. The van der Waals surface area contributed by atoms with Crippen molar-refractivity contribution in [3.8, 4) is 5.75 Å². The van der Waals surface area contributed by atoms with Crippen molar-refractivity contribution in [3.63, 3.8) is 0 Å². The van der Waals surface area contributed by atoms with E-state index < -0.39 is 11.7 Å². The zero-order valence-electron chi connectivity index (χ0n) is 18.7. The highest BCUT2D eigenvalue weighted by Crippen LogP contribution is 2.37.